The molecule has 2 aromatic rings. The quantitative estimate of drug-likeness (QED) is 0.845. The van der Waals surface area contributed by atoms with Crippen molar-refractivity contribution in [2.75, 3.05) is 26.6 Å². The van der Waals surface area contributed by atoms with E-state index in [2.05, 4.69) is 5.10 Å². The lowest BCUT2D eigenvalue weighted by Crippen LogP contribution is -2.07. The van der Waals surface area contributed by atoms with Crippen molar-refractivity contribution < 1.29 is 14.6 Å². The average Bonchev–Trinajstić information content (AvgIpc) is 2.79. The molecule has 0 saturated carbocycles. The molecule has 0 fully saturated rings. The van der Waals surface area contributed by atoms with Gasteiger partial charge in [0.2, 0.25) is 0 Å². The summed E-state index contributed by atoms with van der Waals surface area (Å²) in [7, 11) is 3.18. The molecule has 0 unspecified atom stereocenters. The predicted octanol–water partition coefficient (Wildman–Crippen LogP) is 1.14. The van der Waals surface area contributed by atoms with Gasteiger partial charge >= 0.3 is 0 Å². The van der Waals surface area contributed by atoms with E-state index in [1.807, 2.05) is 18.2 Å². The number of methoxy groups -OCH3 is 2. The first-order chi connectivity index (χ1) is 9.21. The molecule has 0 aliphatic rings. The first-order valence-corrected chi connectivity index (χ1v) is 5.86. The van der Waals surface area contributed by atoms with Crippen LogP contribution in [0.3, 0.4) is 0 Å². The van der Waals surface area contributed by atoms with Gasteiger partial charge in [0.1, 0.15) is 23.0 Å². The Labute approximate surface area is 111 Å². The van der Waals surface area contributed by atoms with Crippen LogP contribution >= 0.6 is 0 Å². The highest BCUT2D eigenvalue weighted by Gasteiger charge is 2.16. The molecule has 19 heavy (non-hydrogen) atoms. The number of hydrogen-bond donors (Lipinski definition) is 2. The fourth-order valence-corrected chi connectivity index (χ4v) is 1.93. The Kier molecular flexibility index (Phi) is 3.91. The maximum atomic E-state index is 8.96. The van der Waals surface area contributed by atoms with Crippen molar-refractivity contribution in [2.45, 2.75) is 6.54 Å². The molecule has 6 heteroatoms. The number of aliphatic hydroxyl groups excluding tert-OH is 1. The molecule has 1 heterocycles. The van der Waals surface area contributed by atoms with Crippen LogP contribution in [0.25, 0.3) is 11.3 Å². The van der Waals surface area contributed by atoms with E-state index in [0.717, 1.165) is 5.56 Å². The second-order valence-electron chi connectivity index (χ2n) is 3.94. The van der Waals surface area contributed by atoms with E-state index < -0.39 is 0 Å². The highest BCUT2D eigenvalue weighted by atomic mass is 16.5. The van der Waals surface area contributed by atoms with Gasteiger partial charge in [0, 0.05) is 6.07 Å². The Balaban J connectivity index is 2.54. The minimum Gasteiger partial charge on any atom is -0.496 e. The maximum Gasteiger partial charge on any atom is 0.132 e. The lowest BCUT2D eigenvalue weighted by molar-refractivity contribution is 0.270. The minimum atomic E-state index is -0.0195. The van der Waals surface area contributed by atoms with E-state index in [1.54, 1.807) is 25.0 Å². The minimum absolute atomic E-state index is 0.0195. The number of anilines is 1. The lowest BCUT2D eigenvalue weighted by atomic mass is 10.1. The largest absolute Gasteiger partial charge is 0.496 e. The van der Waals surface area contributed by atoms with Crippen molar-refractivity contribution in [3.63, 3.8) is 0 Å². The molecule has 0 aliphatic heterocycles. The zero-order valence-electron chi connectivity index (χ0n) is 11.0. The summed E-state index contributed by atoms with van der Waals surface area (Å²) in [5.41, 5.74) is 7.25. The van der Waals surface area contributed by atoms with E-state index in [9.17, 15) is 0 Å². The fourth-order valence-electron chi connectivity index (χ4n) is 1.93. The van der Waals surface area contributed by atoms with E-state index >= 15 is 0 Å². The summed E-state index contributed by atoms with van der Waals surface area (Å²) in [5, 5.41) is 13.3. The SMILES string of the molecule is COc1cccc(OC)c1-c1cc(N)n(CCO)n1. The molecular formula is C13H17N3O3. The summed E-state index contributed by atoms with van der Waals surface area (Å²) in [6.45, 7) is 0.331. The van der Waals surface area contributed by atoms with Crippen molar-refractivity contribution >= 4 is 5.82 Å². The van der Waals surface area contributed by atoms with Gasteiger partial charge in [-0.3, -0.25) is 0 Å². The molecule has 102 valence electrons. The maximum absolute atomic E-state index is 8.96. The number of nitrogen functional groups attached to an aromatic ring is 1. The summed E-state index contributed by atoms with van der Waals surface area (Å²) < 4.78 is 12.2. The Hall–Kier alpha value is -2.21. The van der Waals surface area contributed by atoms with Crippen LogP contribution < -0.4 is 15.2 Å². The first kappa shape index (κ1) is 13.2. The monoisotopic (exact) mass is 263 g/mol. The van der Waals surface area contributed by atoms with Crippen molar-refractivity contribution in [1.82, 2.24) is 9.78 Å². The standard InChI is InChI=1S/C13H17N3O3/c1-18-10-4-3-5-11(19-2)13(10)9-8-12(14)16(15-9)6-7-17/h3-5,8,17H,6-7,14H2,1-2H3. The Morgan fingerprint density at radius 3 is 2.42 bits per heavy atom. The highest BCUT2D eigenvalue weighted by Crippen LogP contribution is 2.37. The van der Waals surface area contributed by atoms with E-state index in [0.29, 0.717) is 29.6 Å². The van der Waals surface area contributed by atoms with Gasteiger partial charge in [0.05, 0.1) is 32.9 Å². The number of nitrogens with two attached hydrogens (primary N) is 1. The van der Waals surface area contributed by atoms with Gasteiger partial charge in [0.25, 0.3) is 0 Å². The number of aromatic nitrogens is 2. The van der Waals surface area contributed by atoms with E-state index in [4.69, 9.17) is 20.3 Å². The van der Waals surface area contributed by atoms with Crippen molar-refractivity contribution in [1.29, 1.82) is 0 Å². The summed E-state index contributed by atoms with van der Waals surface area (Å²) in [6, 6.07) is 7.24. The first-order valence-electron chi connectivity index (χ1n) is 5.86. The van der Waals surface area contributed by atoms with Crippen LogP contribution in [-0.4, -0.2) is 35.7 Å². The molecular weight excluding hydrogens is 246 g/mol. The molecule has 0 amide bonds. The van der Waals surface area contributed by atoms with Gasteiger partial charge in [-0.25, -0.2) is 4.68 Å². The van der Waals surface area contributed by atoms with Crippen LogP contribution in [0.15, 0.2) is 24.3 Å². The van der Waals surface area contributed by atoms with Crippen molar-refractivity contribution in [2.24, 2.45) is 0 Å². The average molecular weight is 263 g/mol. The van der Waals surface area contributed by atoms with E-state index in [-0.39, 0.29) is 6.61 Å². The lowest BCUT2D eigenvalue weighted by Gasteiger charge is -2.10. The summed E-state index contributed by atoms with van der Waals surface area (Å²) in [6.07, 6.45) is 0. The van der Waals surface area contributed by atoms with Crippen LogP contribution in [0, 0.1) is 0 Å². The molecule has 1 aromatic heterocycles. The van der Waals surface area contributed by atoms with Crippen molar-refractivity contribution in [3.05, 3.63) is 24.3 Å². The van der Waals surface area contributed by atoms with Gasteiger partial charge < -0.3 is 20.3 Å². The third kappa shape index (κ3) is 2.48. The van der Waals surface area contributed by atoms with Gasteiger partial charge in [0.15, 0.2) is 0 Å². The van der Waals surface area contributed by atoms with Crippen LogP contribution in [0.1, 0.15) is 0 Å². The third-order valence-corrected chi connectivity index (χ3v) is 2.81. The number of hydrogen-bond acceptors (Lipinski definition) is 5. The number of rotatable bonds is 5. The van der Waals surface area contributed by atoms with Gasteiger partial charge in [-0.15, -0.1) is 0 Å². The van der Waals surface area contributed by atoms with Crippen LogP contribution in [0.5, 0.6) is 11.5 Å². The van der Waals surface area contributed by atoms with Gasteiger partial charge in [-0.1, -0.05) is 6.07 Å². The fraction of sp³-hybridized carbons (Fsp3) is 0.308. The second-order valence-corrected chi connectivity index (χ2v) is 3.94. The normalized spacial score (nSPS) is 10.5. The van der Waals surface area contributed by atoms with Crippen LogP contribution in [-0.2, 0) is 6.54 Å². The smallest absolute Gasteiger partial charge is 0.132 e. The Morgan fingerprint density at radius 1 is 1.26 bits per heavy atom. The Bertz CT molecular complexity index is 544. The van der Waals surface area contributed by atoms with Crippen molar-refractivity contribution in [3.8, 4) is 22.8 Å². The molecule has 0 atom stereocenters. The predicted molar refractivity (Wildman–Crippen MR) is 72.3 cm³/mol. The highest BCUT2D eigenvalue weighted by molar-refractivity contribution is 5.75. The number of aliphatic hydroxyl groups is 1. The topological polar surface area (TPSA) is 82.5 Å². The number of ether oxygens (including phenoxy) is 2. The number of benzene rings is 1. The van der Waals surface area contributed by atoms with Crippen LogP contribution in [0.4, 0.5) is 5.82 Å². The number of nitrogens with zero attached hydrogens (tertiary/aromatic N) is 2. The summed E-state index contributed by atoms with van der Waals surface area (Å²) in [4.78, 5) is 0. The molecule has 3 N–H and O–H groups in total. The van der Waals surface area contributed by atoms with Gasteiger partial charge in [-0.2, -0.15) is 5.10 Å². The molecule has 0 radical (unpaired) electrons. The molecule has 2 rings (SSSR count). The van der Waals surface area contributed by atoms with Gasteiger partial charge in [-0.05, 0) is 12.1 Å². The zero-order valence-corrected chi connectivity index (χ0v) is 11.0. The van der Waals surface area contributed by atoms with E-state index in [1.165, 1.54) is 0 Å². The molecule has 0 bridgehead atoms. The third-order valence-electron chi connectivity index (χ3n) is 2.81. The molecule has 6 nitrogen and oxygen atoms in total. The molecule has 0 spiro atoms. The Morgan fingerprint density at radius 2 is 1.89 bits per heavy atom. The molecule has 0 saturated heterocycles. The van der Waals surface area contributed by atoms with Crippen LogP contribution in [0.2, 0.25) is 0 Å². The summed E-state index contributed by atoms with van der Waals surface area (Å²) in [5.74, 6) is 1.80. The zero-order chi connectivity index (χ0) is 13.8. The molecule has 0 aliphatic carbocycles. The summed E-state index contributed by atoms with van der Waals surface area (Å²) >= 11 is 0. The molecule has 1 aromatic carbocycles. The second kappa shape index (κ2) is 5.62.